The van der Waals surface area contributed by atoms with Gasteiger partial charge in [0.2, 0.25) is 0 Å². The zero-order valence-electron chi connectivity index (χ0n) is 11.9. The van der Waals surface area contributed by atoms with Gasteiger partial charge in [0.05, 0.1) is 5.75 Å². The number of hydrogen-bond donors (Lipinski definition) is 1. The van der Waals surface area contributed by atoms with Crippen LogP contribution in [0.4, 0.5) is 5.69 Å². The molecule has 5 heteroatoms. The van der Waals surface area contributed by atoms with Crippen molar-refractivity contribution in [2.24, 2.45) is 0 Å². The van der Waals surface area contributed by atoms with Gasteiger partial charge in [-0.3, -0.25) is 4.55 Å². The normalized spacial score (nSPS) is 18.1. The van der Waals surface area contributed by atoms with Crippen molar-refractivity contribution in [3.05, 3.63) is 35.4 Å². The van der Waals surface area contributed by atoms with Gasteiger partial charge in [-0.05, 0) is 44.4 Å². The summed E-state index contributed by atoms with van der Waals surface area (Å²) in [5.74, 6) is -0.161. The molecule has 110 valence electrons. The molecule has 1 unspecified atom stereocenters. The summed E-state index contributed by atoms with van der Waals surface area (Å²) >= 11 is 0. The number of fused-ring (bicyclic) bond motifs is 1. The summed E-state index contributed by atoms with van der Waals surface area (Å²) in [7, 11) is -3.84. The Morgan fingerprint density at radius 2 is 2.05 bits per heavy atom. The summed E-state index contributed by atoms with van der Waals surface area (Å²) in [6.07, 6.45) is 5.52. The van der Waals surface area contributed by atoms with Crippen molar-refractivity contribution in [2.75, 3.05) is 17.2 Å². The van der Waals surface area contributed by atoms with E-state index >= 15 is 0 Å². The molecule has 1 heterocycles. The lowest BCUT2D eigenvalue weighted by Gasteiger charge is -2.34. The van der Waals surface area contributed by atoms with E-state index in [-0.39, 0.29) is 5.75 Å². The molecule has 0 aliphatic carbocycles. The molecule has 1 N–H and O–H groups in total. The van der Waals surface area contributed by atoms with Gasteiger partial charge in [-0.2, -0.15) is 8.42 Å². The predicted octanol–water partition coefficient (Wildman–Crippen LogP) is 2.88. The Labute approximate surface area is 120 Å². The summed E-state index contributed by atoms with van der Waals surface area (Å²) < 4.78 is 30.2. The summed E-state index contributed by atoms with van der Waals surface area (Å²) in [6.45, 7) is 4.99. The lowest BCUT2D eigenvalue weighted by molar-refractivity contribution is 0.480. The average Bonchev–Trinajstić information content (AvgIpc) is 2.35. The van der Waals surface area contributed by atoms with E-state index in [9.17, 15) is 8.42 Å². The van der Waals surface area contributed by atoms with Gasteiger partial charge in [-0.15, -0.1) is 0 Å². The van der Waals surface area contributed by atoms with Crippen LogP contribution in [0.25, 0.3) is 6.08 Å². The Morgan fingerprint density at radius 3 is 2.75 bits per heavy atom. The van der Waals surface area contributed by atoms with Gasteiger partial charge in [-0.1, -0.05) is 23.8 Å². The maximum absolute atomic E-state index is 10.7. The summed E-state index contributed by atoms with van der Waals surface area (Å²) in [6, 6.07) is 6.67. The predicted molar refractivity (Wildman–Crippen MR) is 82.7 cm³/mol. The highest BCUT2D eigenvalue weighted by Gasteiger charge is 2.18. The Hall–Kier alpha value is -1.33. The van der Waals surface area contributed by atoms with E-state index in [2.05, 4.69) is 49.1 Å². The minimum atomic E-state index is -3.84. The Kier molecular flexibility index (Phi) is 4.50. The topological polar surface area (TPSA) is 57.6 Å². The summed E-state index contributed by atoms with van der Waals surface area (Å²) in [4.78, 5) is 2.28. The van der Waals surface area contributed by atoms with E-state index in [1.54, 1.807) is 0 Å². The fourth-order valence-corrected chi connectivity index (χ4v) is 3.09. The molecule has 0 fully saturated rings. The minimum absolute atomic E-state index is 0.161. The number of unbranched alkanes of at least 4 members (excludes halogenated alkanes) is 1. The van der Waals surface area contributed by atoms with Crippen LogP contribution in [-0.4, -0.2) is 31.3 Å². The highest BCUT2D eigenvalue weighted by atomic mass is 32.2. The molecule has 1 aliphatic rings. The molecular formula is C15H21NO3S. The number of rotatable bonds is 5. The second kappa shape index (κ2) is 5.97. The molecule has 0 saturated heterocycles. The first-order chi connectivity index (χ1) is 9.37. The van der Waals surface area contributed by atoms with Crippen molar-refractivity contribution in [1.29, 1.82) is 0 Å². The Morgan fingerprint density at radius 1 is 1.30 bits per heavy atom. The van der Waals surface area contributed by atoms with Crippen molar-refractivity contribution < 1.29 is 13.0 Å². The standard InChI is InChI=1S/C15H21NO3S/c1-12-5-8-15-14(11-12)7-6-13(2)16(15)9-3-4-10-20(17,18)19/h5-8,11,13H,3-4,9-10H2,1-2H3,(H,17,18,19). The Balaban J connectivity index is 2.03. The minimum Gasteiger partial charge on any atom is -0.365 e. The largest absolute Gasteiger partial charge is 0.365 e. The molecule has 1 aromatic carbocycles. The van der Waals surface area contributed by atoms with Crippen LogP contribution in [0.5, 0.6) is 0 Å². The second-order valence-electron chi connectivity index (χ2n) is 5.35. The maximum atomic E-state index is 10.7. The zero-order valence-corrected chi connectivity index (χ0v) is 12.7. The number of hydrogen-bond acceptors (Lipinski definition) is 3. The van der Waals surface area contributed by atoms with Gasteiger partial charge in [0, 0.05) is 18.3 Å². The SMILES string of the molecule is Cc1ccc2c(c1)C=CC(C)N2CCCCS(=O)(=O)O. The van der Waals surface area contributed by atoms with Crippen LogP contribution in [0.2, 0.25) is 0 Å². The lowest BCUT2D eigenvalue weighted by atomic mass is 10.0. The quantitative estimate of drug-likeness (QED) is 0.670. The monoisotopic (exact) mass is 295 g/mol. The molecule has 1 aromatic rings. The van der Waals surface area contributed by atoms with E-state index in [1.165, 1.54) is 16.8 Å². The fraction of sp³-hybridized carbons (Fsp3) is 0.467. The molecule has 0 spiro atoms. The number of benzene rings is 1. The highest BCUT2D eigenvalue weighted by molar-refractivity contribution is 7.85. The van der Waals surface area contributed by atoms with E-state index in [0.29, 0.717) is 12.5 Å². The number of aryl methyl sites for hydroxylation is 1. The summed E-state index contributed by atoms with van der Waals surface area (Å²) in [5.41, 5.74) is 3.63. The number of anilines is 1. The molecule has 0 bridgehead atoms. The molecule has 2 rings (SSSR count). The van der Waals surface area contributed by atoms with Crippen molar-refractivity contribution >= 4 is 21.9 Å². The van der Waals surface area contributed by atoms with Crippen LogP contribution in [-0.2, 0) is 10.1 Å². The van der Waals surface area contributed by atoms with Gasteiger partial charge in [0.25, 0.3) is 10.1 Å². The van der Waals surface area contributed by atoms with Crippen molar-refractivity contribution in [1.82, 2.24) is 0 Å². The third kappa shape index (κ3) is 3.84. The maximum Gasteiger partial charge on any atom is 0.264 e. The number of nitrogens with zero attached hydrogens (tertiary/aromatic N) is 1. The third-order valence-corrected chi connectivity index (χ3v) is 4.39. The fourth-order valence-electron chi connectivity index (χ4n) is 2.53. The third-order valence-electron chi connectivity index (χ3n) is 3.59. The van der Waals surface area contributed by atoms with Crippen molar-refractivity contribution in [3.63, 3.8) is 0 Å². The second-order valence-corrected chi connectivity index (χ2v) is 6.92. The molecule has 0 radical (unpaired) electrons. The van der Waals surface area contributed by atoms with Crippen LogP contribution < -0.4 is 4.90 Å². The van der Waals surface area contributed by atoms with Crippen LogP contribution in [0, 0.1) is 6.92 Å². The van der Waals surface area contributed by atoms with E-state index in [1.807, 2.05) is 0 Å². The van der Waals surface area contributed by atoms with Crippen LogP contribution in [0.1, 0.15) is 30.9 Å². The average molecular weight is 295 g/mol. The molecule has 1 atom stereocenters. The van der Waals surface area contributed by atoms with Crippen LogP contribution in [0.15, 0.2) is 24.3 Å². The van der Waals surface area contributed by atoms with E-state index in [0.717, 1.165) is 13.0 Å². The van der Waals surface area contributed by atoms with E-state index < -0.39 is 10.1 Å². The first-order valence-electron chi connectivity index (χ1n) is 6.87. The molecule has 0 saturated carbocycles. The molecule has 20 heavy (non-hydrogen) atoms. The van der Waals surface area contributed by atoms with Crippen LogP contribution in [0.3, 0.4) is 0 Å². The van der Waals surface area contributed by atoms with E-state index in [4.69, 9.17) is 4.55 Å². The van der Waals surface area contributed by atoms with Crippen molar-refractivity contribution in [3.8, 4) is 0 Å². The highest BCUT2D eigenvalue weighted by Crippen LogP contribution is 2.29. The molecule has 1 aliphatic heterocycles. The molecular weight excluding hydrogens is 274 g/mol. The van der Waals surface area contributed by atoms with Crippen LogP contribution >= 0.6 is 0 Å². The first-order valence-corrected chi connectivity index (χ1v) is 8.48. The smallest absolute Gasteiger partial charge is 0.264 e. The zero-order chi connectivity index (χ0) is 14.8. The van der Waals surface area contributed by atoms with Crippen molar-refractivity contribution in [2.45, 2.75) is 32.7 Å². The lowest BCUT2D eigenvalue weighted by Crippen LogP contribution is -2.35. The first kappa shape index (κ1) is 15.1. The molecule has 0 aromatic heterocycles. The van der Waals surface area contributed by atoms with Gasteiger partial charge < -0.3 is 4.90 Å². The van der Waals surface area contributed by atoms with Gasteiger partial charge in [0.15, 0.2) is 0 Å². The van der Waals surface area contributed by atoms with Gasteiger partial charge in [-0.25, -0.2) is 0 Å². The summed E-state index contributed by atoms with van der Waals surface area (Å²) in [5, 5.41) is 0. The molecule has 4 nitrogen and oxygen atoms in total. The van der Waals surface area contributed by atoms with Gasteiger partial charge >= 0.3 is 0 Å². The Bertz CT molecular complexity index is 608. The molecule has 0 amide bonds. The van der Waals surface area contributed by atoms with Gasteiger partial charge in [0.1, 0.15) is 0 Å².